The summed E-state index contributed by atoms with van der Waals surface area (Å²) in [6, 6.07) is 9.60. The third-order valence-corrected chi connectivity index (χ3v) is 6.19. The quantitative estimate of drug-likeness (QED) is 0.788. The predicted molar refractivity (Wildman–Crippen MR) is 105 cm³/mol. The number of hydrogen-bond acceptors (Lipinski definition) is 5. The Morgan fingerprint density at radius 2 is 1.93 bits per heavy atom. The summed E-state index contributed by atoms with van der Waals surface area (Å²) >= 11 is 0. The van der Waals surface area contributed by atoms with Crippen LogP contribution in [0.4, 0.5) is 9.18 Å². The van der Waals surface area contributed by atoms with E-state index in [0.29, 0.717) is 25.3 Å². The first kappa shape index (κ1) is 21.1. The lowest BCUT2D eigenvalue weighted by Gasteiger charge is -2.20. The number of rotatable bonds is 5. The molecule has 1 heterocycles. The molecular formula is C21H24FNO5S. The second-order valence-corrected chi connectivity index (χ2v) is 9.84. The van der Waals surface area contributed by atoms with E-state index in [0.717, 1.165) is 11.6 Å². The number of sulfone groups is 1. The molecule has 0 bridgehead atoms. The number of carbonyl (C=O) groups is 1. The standard InChI is InChI=1S/C21H24FNO5S/c1-21(2,3)28-20(24)23-10-9-14-13-27-19-12-17(7-8-18(14)19)29(25,26)16-6-4-5-15(22)11-16/h4-8,11-12,14H,9-10,13H2,1-3H3,(H,23,24). The Bertz CT molecular complexity index is 1010. The molecule has 0 aliphatic carbocycles. The lowest BCUT2D eigenvalue weighted by atomic mass is 9.98. The van der Waals surface area contributed by atoms with E-state index in [1.807, 2.05) is 0 Å². The number of alkyl carbamates (subject to hydrolysis) is 1. The molecule has 0 fully saturated rings. The summed E-state index contributed by atoms with van der Waals surface area (Å²) in [5.74, 6) is -0.0864. The molecule has 0 spiro atoms. The van der Waals surface area contributed by atoms with Gasteiger partial charge >= 0.3 is 6.09 Å². The maximum Gasteiger partial charge on any atom is 0.407 e. The smallest absolute Gasteiger partial charge is 0.407 e. The van der Waals surface area contributed by atoms with Crippen LogP contribution in [0, 0.1) is 5.82 Å². The number of hydrogen-bond donors (Lipinski definition) is 1. The van der Waals surface area contributed by atoms with Crippen LogP contribution in [0.1, 0.15) is 38.7 Å². The van der Waals surface area contributed by atoms with E-state index in [4.69, 9.17) is 9.47 Å². The van der Waals surface area contributed by atoms with Crippen molar-refractivity contribution in [3.8, 4) is 5.75 Å². The topological polar surface area (TPSA) is 81.7 Å². The fraction of sp³-hybridized carbons (Fsp3) is 0.381. The van der Waals surface area contributed by atoms with Gasteiger partial charge < -0.3 is 14.8 Å². The minimum absolute atomic E-state index is 0.0332. The molecule has 8 heteroatoms. The fourth-order valence-electron chi connectivity index (χ4n) is 3.10. The lowest BCUT2D eigenvalue weighted by molar-refractivity contribution is 0.0526. The zero-order valence-electron chi connectivity index (χ0n) is 16.6. The maximum absolute atomic E-state index is 13.4. The predicted octanol–water partition coefficient (Wildman–Crippen LogP) is 4.05. The van der Waals surface area contributed by atoms with Crippen molar-refractivity contribution in [2.45, 2.75) is 48.5 Å². The van der Waals surface area contributed by atoms with Crippen LogP contribution < -0.4 is 10.1 Å². The minimum atomic E-state index is -3.84. The molecule has 1 unspecified atom stereocenters. The first-order valence-electron chi connectivity index (χ1n) is 9.30. The van der Waals surface area contributed by atoms with Gasteiger partial charge in [-0.15, -0.1) is 0 Å². The molecule has 0 aromatic heterocycles. The highest BCUT2D eigenvalue weighted by molar-refractivity contribution is 7.91. The molecule has 0 radical (unpaired) electrons. The summed E-state index contributed by atoms with van der Waals surface area (Å²) in [5, 5.41) is 2.71. The van der Waals surface area contributed by atoms with Crippen molar-refractivity contribution in [2.75, 3.05) is 13.2 Å². The van der Waals surface area contributed by atoms with E-state index >= 15 is 0 Å². The van der Waals surface area contributed by atoms with Crippen molar-refractivity contribution >= 4 is 15.9 Å². The van der Waals surface area contributed by atoms with E-state index in [1.165, 1.54) is 30.3 Å². The van der Waals surface area contributed by atoms with Gasteiger partial charge in [0, 0.05) is 18.0 Å². The average Bonchev–Trinajstić information content (AvgIpc) is 3.02. The van der Waals surface area contributed by atoms with Crippen molar-refractivity contribution in [1.82, 2.24) is 5.32 Å². The Hall–Kier alpha value is -2.61. The zero-order valence-corrected chi connectivity index (χ0v) is 17.4. The highest BCUT2D eigenvalue weighted by Gasteiger charge is 2.27. The minimum Gasteiger partial charge on any atom is -0.493 e. The Morgan fingerprint density at radius 3 is 2.62 bits per heavy atom. The summed E-state index contributed by atoms with van der Waals surface area (Å²) in [7, 11) is -3.84. The number of fused-ring (bicyclic) bond motifs is 1. The van der Waals surface area contributed by atoms with E-state index < -0.39 is 27.3 Å². The molecule has 2 aromatic rings. The summed E-state index contributed by atoms with van der Waals surface area (Å²) in [4.78, 5) is 11.7. The van der Waals surface area contributed by atoms with Gasteiger partial charge in [-0.25, -0.2) is 17.6 Å². The van der Waals surface area contributed by atoms with Gasteiger partial charge in [0.05, 0.1) is 16.4 Å². The van der Waals surface area contributed by atoms with Crippen molar-refractivity contribution in [3.05, 3.63) is 53.8 Å². The van der Waals surface area contributed by atoms with Crippen LogP contribution in [0.3, 0.4) is 0 Å². The number of nitrogens with one attached hydrogen (secondary N) is 1. The van der Waals surface area contributed by atoms with E-state index in [1.54, 1.807) is 26.8 Å². The normalized spacial score (nSPS) is 16.1. The van der Waals surface area contributed by atoms with Gasteiger partial charge in [-0.1, -0.05) is 12.1 Å². The van der Waals surface area contributed by atoms with Crippen LogP contribution in [-0.4, -0.2) is 33.3 Å². The Kier molecular flexibility index (Phi) is 5.84. The second-order valence-electron chi connectivity index (χ2n) is 7.89. The van der Waals surface area contributed by atoms with Crippen molar-refractivity contribution < 1.29 is 27.1 Å². The fourth-order valence-corrected chi connectivity index (χ4v) is 4.40. The molecule has 1 aliphatic rings. The second kappa shape index (κ2) is 8.02. The Morgan fingerprint density at radius 1 is 1.21 bits per heavy atom. The summed E-state index contributed by atoms with van der Waals surface area (Å²) in [5.41, 5.74) is 0.325. The van der Waals surface area contributed by atoms with E-state index in [-0.39, 0.29) is 15.7 Å². The van der Waals surface area contributed by atoms with Crippen molar-refractivity contribution in [3.63, 3.8) is 0 Å². The molecule has 1 N–H and O–H groups in total. The van der Waals surface area contributed by atoms with Gasteiger partial charge in [-0.2, -0.15) is 0 Å². The molecule has 1 amide bonds. The number of ether oxygens (including phenoxy) is 2. The van der Waals surface area contributed by atoms with Crippen molar-refractivity contribution in [1.29, 1.82) is 0 Å². The third-order valence-electron chi connectivity index (χ3n) is 4.44. The number of amides is 1. The molecule has 1 atom stereocenters. The molecule has 1 aliphatic heterocycles. The van der Waals surface area contributed by atoms with Gasteiger partial charge in [0.1, 0.15) is 17.2 Å². The van der Waals surface area contributed by atoms with Gasteiger partial charge in [0.2, 0.25) is 9.84 Å². The Labute approximate surface area is 169 Å². The molecule has 156 valence electrons. The maximum atomic E-state index is 13.4. The first-order valence-corrected chi connectivity index (χ1v) is 10.8. The van der Waals surface area contributed by atoms with Crippen LogP contribution >= 0.6 is 0 Å². The van der Waals surface area contributed by atoms with Crippen LogP contribution in [0.15, 0.2) is 52.3 Å². The SMILES string of the molecule is CC(C)(C)OC(=O)NCCC1COc2cc(S(=O)(=O)c3cccc(F)c3)ccc21. The molecule has 2 aromatic carbocycles. The molecule has 6 nitrogen and oxygen atoms in total. The highest BCUT2D eigenvalue weighted by Crippen LogP contribution is 2.38. The lowest BCUT2D eigenvalue weighted by Crippen LogP contribution is -2.33. The molecule has 0 saturated carbocycles. The Balaban J connectivity index is 1.68. The number of carbonyl (C=O) groups excluding carboxylic acids is 1. The summed E-state index contributed by atoms with van der Waals surface area (Å²) < 4.78 is 49.8. The summed E-state index contributed by atoms with van der Waals surface area (Å²) in [6.07, 6.45) is 0.149. The number of benzene rings is 2. The average molecular weight is 421 g/mol. The molecule has 3 rings (SSSR count). The molecule has 0 saturated heterocycles. The first-order chi connectivity index (χ1) is 13.6. The van der Waals surface area contributed by atoms with Crippen LogP contribution in [0.25, 0.3) is 0 Å². The van der Waals surface area contributed by atoms with Crippen LogP contribution in [0.5, 0.6) is 5.75 Å². The summed E-state index contributed by atoms with van der Waals surface area (Å²) in [6.45, 7) is 6.19. The van der Waals surface area contributed by atoms with E-state index in [9.17, 15) is 17.6 Å². The monoisotopic (exact) mass is 421 g/mol. The van der Waals surface area contributed by atoms with E-state index in [2.05, 4.69) is 5.32 Å². The van der Waals surface area contributed by atoms with Gasteiger partial charge in [-0.05, 0) is 57.5 Å². The van der Waals surface area contributed by atoms with Crippen LogP contribution in [-0.2, 0) is 14.6 Å². The highest BCUT2D eigenvalue weighted by atomic mass is 32.2. The third kappa shape index (κ3) is 5.06. The van der Waals surface area contributed by atoms with Crippen molar-refractivity contribution in [2.24, 2.45) is 0 Å². The molecular weight excluding hydrogens is 397 g/mol. The zero-order chi connectivity index (χ0) is 21.2. The van der Waals surface area contributed by atoms with Crippen LogP contribution in [0.2, 0.25) is 0 Å². The molecule has 29 heavy (non-hydrogen) atoms. The number of halogens is 1. The largest absolute Gasteiger partial charge is 0.493 e. The van der Waals surface area contributed by atoms with Gasteiger partial charge in [0.15, 0.2) is 0 Å². The van der Waals surface area contributed by atoms with Gasteiger partial charge in [0.25, 0.3) is 0 Å². The van der Waals surface area contributed by atoms with Gasteiger partial charge in [-0.3, -0.25) is 0 Å².